The van der Waals surface area contributed by atoms with Crippen LogP contribution in [-0.2, 0) is 4.74 Å². The molecule has 0 unspecified atom stereocenters. The zero-order valence-corrected chi connectivity index (χ0v) is 9.02. The van der Waals surface area contributed by atoms with E-state index < -0.39 is 22.3 Å². The Bertz CT molecular complexity index is 446. The van der Waals surface area contributed by atoms with Crippen LogP contribution in [0.5, 0.6) is 5.75 Å². The van der Waals surface area contributed by atoms with Crippen LogP contribution in [-0.4, -0.2) is 22.6 Å². The van der Waals surface area contributed by atoms with Gasteiger partial charge < -0.3 is 9.84 Å². The number of carbonyl (C=O) groups is 1. The van der Waals surface area contributed by atoms with E-state index in [1.165, 1.54) is 6.07 Å². The normalized spacial score (nSPS) is 9.88. The number of ether oxygens (including phenoxy) is 1. The first-order valence-corrected chi connectivity index (χ1v) is 4.69. The highest BCUT2D eigenvalue weighted by Crippen LogP contribution is 2.36. The molecule has 0 saturated heterocycles. The molecule has 0 heterocycles. The molecule has 1 rings (SSSR count). The van der Waals surface area contributed by atoms with Crippen molar-refractivity contribution < 1.29 is 19.6 Å². The second-order valence-electron chi connectivity index (χ2n) is 2.77. The summed E-state index contributed by atoms with van der Waals surface area (Å²) in [6.45, 7) is 1.65. The van der Waals surface area contributed by atoms with Crippen molar-refractivity contribution in [2.75, 3.05) is 6.61 Å². The minimum atomic E-state index is -0.881. The first-order chi connectivity index (χ1) is 7.49. The van der Waals surface area contributed by atoms with E-state index in [1.54, 1.807) is 6.92 Å². The quantitative estimate of drug-likeness (QED) is 0.500. The van der Waals surface area contributed by atoms with E-state index in [2.05, 4.69) is 4.74 Å². The molecule has 7 heteroatoms. The van der Waals surface area contributed by atoms with Crippen molar-refractivity contribution in [1.29, 1.82) is 0 Å². The lowest BCUT2D eigenvalue weighted by molar-refractivity contribution is -0.386. The first kappa shape index (κ1) is 12.3. The van der Waals surface area contributed by atoms with Crippen molar-refractivity contribution >= 4 is 23.3 Å². The Kier molecular flexibility index (Phi) is 3.68. The molecule has 0 amide bonds. The number of nitrogens with zero attached hydrogens (tertiary/aromatic N) is 1. The topological polar surface area (TPSA) is 89.7 Å². The predicted molar refractivity (Wildman–Crippen MR) is 55.7 cm³/mol. The van der Waals surface area contributed by atoms with Crippen LogP contribution in [0.3, 0.4) is 0 Å². The number of phenols is 1. The molecule has 16 heavy (non-hydrogen) atoms. The summed E-state index contributed by atoms with van der Waals surface area (Å²) < 4.78 is 4.62. The number of nitro benzene ring substituents is 1. The van der Waals surface area contributed by atoms with Gasteiger partial charge in [0, 0.05) is 0 Å². The average molecular weight is 246 g/mol. The van der Waals surface area contributed by atoms with Gasteiger partial charge in [-0.2, -0.15) is 0 Å². The van der Waals surface area contributed by atoms with Gasteiger partial charge in [-0.15, -0.1) is 0 Å². The minimum Gasteiger partial charge on any atom is -0.501 e. The molecule has 0 saturated carbocycles. The minimum absolute atomic E-state index is 0.0827. The van der Waals surface area contributed by atoms with Crippen molar-refractivity contribution in [2.45, 2.75) is 6.92 Å². The van der Waals surface area contributed by atoms with Crippen molar-refractivity contribution in [3.63, 3.8) is 0 Å². The van der Waals surface area contributed by atoms with E-state index in [1.807, 2.05) is 0 Å². The monoisotopic (exact) mass is 245 g/mol. The van der Waals surface area contributed by atoms with Crippen molar-refractivity contribution in [2.24, 2.45) is 0 Å². The van der Waals surface area contributed by atoms with Crippen LogP contribution in [0.2, 0.25) is 5.02 Å². The maximum Gasteiger partial charge on any atom is 0.345 e. The lowest BCUT2D eigenvalue weighted by Crippen LogP contribution is -2.08. The van der Waals surface area contributed by atoms with Gasteiger partial charge in [-0.1, -0.05) is 11.6 Å². The SMILES string of the molecule is CCOC(=O)c1ccc(Cl)c(O)c1[N+](=O)[O-]. The Labute approximate surface area is 95.6 Å². The number of esters is 1. The molecule has 1 aromatic carbocycles. The lowest BCUT2D eigenvalue weighted by Gasteiger charge is -2.04. The summed E-state index contributed by atoms with van der Waals surface area (Å²) in [7, 11) is 0. The number of rotatable bonds is 3. The van der Waals surface area contributed by atoms with Crippen LogP contribution in [0.25, 0.3) is 0 Å². The first-order valence-electron chi connectivity index (χ1n) is 4.32. The molecule has 0 aromatic heterocycles. The summed E-state index contributed by atoms with van der Waals surface area (Å²) >= 11 is 5.51. The van der Waals surface area contributed by atoms with Gasteiger partial charge in [0.25, 0.3) is 0 Å². The largest absolute Gasteiger partial charge is 0.501 e. The molecule has 1 aromatic rings. The van der Waals surface area contributed by atoms with Crippen LogP contribution in [0.15, 0.2) is 12.1 Å². The van der Waals surface area contributed by atoms with Crippen LogP contribution in [0.4, 0.5) is 5.69 Å². The Balaban J connectivity index is 3.34. The fraction of sp³-hybridized carbons (Fsp3) is 0.222. The predicted octanol–water partition coefficient (Wildman–Crippen LogP) is 2.13. The van der Waals surface area contributed by atoms with Gasteiger partial charge in [0.1, 0.15) is 5.56 Å². The van der Waals surface area contributed by atoms with Gasteiger partial charge in [-0.25, -0.2) is 4.79 Å². The maximum atomic E-state index is 11.4. The third-order valence-corrected chi connectivity index (χ3v) is 2.08. The van der Waals surface area contributed by atoms with Gasteiger partial charge >= 0.3 is 11.7 Å². The van der Waals surface area contributed by atoms with Crippen molar-refractivity contribution in [3.8, 4) is 5.75 Å². The van der Waals surface area contributed by atoms with Gasteiger partial charge in [0.05, 0.1) is 16.6 Å². The molecule has 0 aliphatic carbocycles. The molecule has 0 radical (unpaired) electrons. The number of hydrogen-bond donors (Lipinski definition) is 1. The molecule has 6 nitrogen and oxygen atoms in total. The Hall–Kier alpha value is -1.82. The van der Waals surface area contributed by atoms with Gasteiger partial charge in [0.15, 0.2) is 0 Å². The molecule has 0 bridgehead atoms. The standard InChI is InChI=1S/C9H8ClNO5/c1-2-16-9(13)5-3-4-6(10)8(12)7(5)11(14)15/h3-4,12H,2H2,1H3. The van der Waals surface area contributed by atoms with E-state index in [9.17, 15) is 20.0 Å². The molecular weight excluding hydrogens is 238 g/mol. The number of halogens is 1. The van der Waals surface area contributed by atoms with Crippen LogP contribution in [0.1, 0.15) is 17.3 Å². The fourth-order valence-corrected chi connectivity index (χ4v) is 1.27. The second kappa shape index (κ2) is 4.80. The van der Waals surface area contributed by atoms with Gasteiger partial charge in [-0.3, -0.25) is 10.1 Å². The fourth-order valence-electron chi connectivity index (χ4n) is 1.11. The molecule has 0 aliphatic heterocycles. The number of nitro groups is 1. The summed E-state index contributed by atoms with van der Waals surface area (Å²) in [6.07, 6.45) is 0. The van der Waals surface area contributed by atoms with E-state index in [-0.39, 0.29) is 17.2 Å². The number of carbonyl (C=O) groups excluding carboxylic acids is 1. The van der Waals surface area contributed by atoms with Crippen LogP contribution < -0.4 is 0 Å². The van der Waals surface area contributed by atoms with Crippen LogP contribution in [0, 0.1) is 10.1 Å². The Morgan fingerprint density at radius 3 is 2.75 bits per heavy atom. The van der Waals surface area contributed by atoms with E-state index in [0.717, 1.165) is 6.07 Å². The summed E-state index contributed by atoms with van der Waals surface area (Å²) in [6, 6.07) is 2.33. The molecular formula is C9H8ClNO5. The van der Waals surface area contributed by atoms with Gasteiger partial charge in [0.2, 0.25) is 5.75 Å². The van der Waals surface area contributed by atoms with E-state index >= 15 is 0 Å². The highest BCUT2D eigenvalue weighted by atomic mass is 35.5. The molecule has 0 atom stereocenters. The Morgan fingerprint density at radius 1 is 1.62 bits per heavy atom. The summed E-state index contributed by atoms with van der Waals surface area (Å²) in [5, 5.41) is 19.9. The van der Waals surface area contributed by atoms with Gasteiger partial charge in [-0.05, 0) is 19.1 Å². The smallest absolute Gasteiger partial charge is 0.345 e. The van der Waals surface area contributed by atoms with E-state index in [4.69, 9.17) is 11.6 Å². The second-order valence-corrected chi connectivity index (χ2v) is 3.18. The number of aromatic hydroxyl groups is 1. The molecule has 0 fully saturated rings. The lowest BCUT2D eigenvalue weighted by atomic mass is 10.1. The summed E-state index contributed by atoms with van der Waals surface area (Å²) in [4.78, 5) is 21.2. The van der Waals surface area contributed by atoms with Crippen LogP contribution >= 0.6 is 11.6 Å². The number of benzene rings is 1. The summed E-state index contributed by atoms with van der Waals surface area (Å²) in [5.74, 6) is -1.61. The number of hydrogen-bond acceptors (Lipinski definition) is 5. The van der Waals surface area contributed by atoms with E-state index in [0.29, 0.717) is 0 Å². The average Bonchev–Trinajstić information content (AvgIpc) is 2.21. The van der Waals surface area contributed by atoms with Crippen molar-refractivity contribution in [3.05, 3.63) is 32.8 Å². The molecule has 1 N–H and O–H groups in total. The molecule has 86 valence electrons. The van der Waals surface area contributed by atoms with Crippen molar-refractivity contribution in [1.82, 2.24) is 0 Å². The maximum absolute atomic E-state index is 11.4. The molecule has 0 spiro atoms. The highest BCUT2D eigenvalue weighted by molar-refractivity contribution is 6.32. The number of phenolic OH excluding ortho intramolecular Hbond substituents is 1. The zero-order valence-electron chi connectivity index (χ0n) is 8.27. The highest BCUT2D eigenvalue weighted by Gasteiger charge is 2.27. The third-order valence-electron chi connectivity index (χ3n) is 1.78. The Morgan fingerprint density at radius 2 is 2.25 bits per heavy atom. The zero-order chi connectivity index (χ0) is 12.3. The molecule has 0 aliphatic rings. The summed E-state index contributed by atoms with van der Waals surface area (Å²) in [5.41, 5.74) is -1.07. The third kappa shape index (κ3) is 2.22.